The molecule has 194 valence electrons. The van der Waals surface area contributed by atoms with Gasteiger partial charge in [0.25, 0.3) is 0 Å². The summed E-state index contributed by atoms with van der Waals surface area (Å²) in [6, 6.07) is 38.4. The summed E-state index contributed by atoms with van der Waals surface area (Å²) in [6.45, 7) is 0. The van der Waals surface area contributed by atoms with Gasteiger partial charge in [-0.3, -0.25) is 4.57 Å². The molecule has 41 heavy (non-hydrogen) atoms. The number of rotatable bonds is 4. The van der Waals surface area contributed by atoms with E-state index in [-0.39, 0.29) is 0 Å². The van der Waals surface area contributed by atoms with E-state index in [9.17, 15) is 0 Å². The minimum Gasteiger partial charge on any atom is -0.421 e. The van der Waals surface area contributed by atoms with E-state index in [1.54, 1.807) is 6.20 Å². The van der Waals surface area contributed by atoms with Crippen molar-refractivity contribution < 1.29 is 4.74 Å². The van der Waals surface area contributed by atoms with Crippen LogP contribution in [0.25, 0.3) is 51.2 Å². The first kappa shape index (κ1) is 23.2. The van der Waals surface area contributed by atoms with E-state index in [1.165, 1.54) is 0 Å². The van der Waals surface area contributed by atoms with E-state index in [1.807, 2.05) is 66.7 Å². The zero-order chi connectivity index (χ0) is 27.2. The van der Waals surface area contributed by atoms with Crippen LogP contribution in [0.4, 0.5) is 11.4 Å². The van der Waals surface area contributed by atoms with Gasteiger partial charge in [0.1, 0.15) is 11.5 Å². The van der Waals surface area contributed by atoms with Crippen LogP contribution < -0.4 is 10.1 Å². The Hall–Kier alpha value is -5.75. The molecule has 1 aliphatic heterocycles. The molecule has 4 aromatic heterocycles. The molecule has 7 aromatic rings. The Morgan fingerprint density at radius 3 is 2.34 bits per heavy atom. The molecule has 1 aliphatic rings. The maximum atomic E-state index is 6.24. The summed E-state index contributed by atoms with van der Waals surface area (Å²) in [6.07, 6.45) is 6.08. The molecular weight excluding hydrogens is 506 g/mol. The van der Waals surface area contributed by atoms with Crippen LogP contribution in [0.1, 0.15) is 11.1 Å². The number of fused-ring (bicyclic) bond motifs is 5. The average molecular weight is 530 g/mol. The normalized spacial score (nSPS) is 12.0. The molecular formula is C35H23N5O. The second-order valence-electron chi connectivity index (χ2n) is 9.84. The highest BCUT2D eigenvalue weighted by Crippen LogP contribution is 2.38. The number of para-hydroxylation sites is 3. The number of benzene rings is 3. The van der Waals surface area contributed by atoms with Crippen molar-refractivity contribution in [2.75, 3.05) is 5.32 Å². The molecule has 6 nitrogen and oxygen atoms in total. The third kappa shape index (κ3) is 4.01. The topological polar surface area (TPSA) is 64.9 Å². The molecule has 6 heteroatoms. The Labute approximate surface area is 236 Å². The average Bonchev–Trinajstić information content (AvgIpc) is 3.23. The van der Waals surface area contributed by atoms with Gasteiger partial charge in [0.2, 0.25) is 11.8 Å². The maximum Gasteiger partial charge on any atom is 0.223 e. The lowest BCUT2D eigenvalue weighted by Gasteiger charge is -2.15. The molecule has 0 saturated heterocycles. The predicted molar refractivity (Wildman–Crippen MR) is 165 cm³/mol. The number of pyridine rings is 3. The van der Waals surface area contributed by atoms with Crippen molar-refractivity contribution in [2.24, 2.45) is 0 Å². The van der Waals surface area contributed by atoms with Crippen LogP contribution in [0.15, 0.2) is 121 Å². The number of hydrogen-bond acceptors (Lipinski definition) is 5. The van der Waals surface area contributed by atoms with Gasteiger partial charge in [-0.1, -0.05) is 78.9 Å². The molecule has 5 heterocycles. The maximum absolute atomic E-state index is 6.24. The van der Waals surface area contributed by atoms with Gasteiger partial charge >= 0.3 is 0 Å². The molecule has 1 N–H and O–H groups in total. The largest absolute Gasteiger partial charge is 0.421 e. The van der Waals surface area contributed by atoms with Gasteiger partial charge in [-0.25, -0.2) is 9.97 Å². The van der Waals surface area contributed by atoms with Crippen molar-refractivity contribution in [3.05, 3.63) is 133 Å². The standard InChI is InChI=1S/C35H23N5O/c1-3-14-28-23(9-1)20-21-24-10-5-12-27(34(24)38-28)29-15-6-18-32(37-29)41-33-19-7-17-31(39-33)40-30-16-4-2-11-25(30)26-13-8-22-36-35(26)40/h1-22,38H. The first-order chi connectivity index (χ1) is 20.3. The van der Waals surface area contributed by atoms with Crippen LogP contribution >= 0.6 is 0 Å². The fraction of sp³-hybridized carbons (Fsp3) is 0. The molecule has 0 radical (unpaired) electrons. The molecule has 0 atom stereocenters. The van der Waals surface area contributed by atoms with E-state index < -0.39 is 0 Å². The Bertz CT molecular complexity index is 2070. The van der Waals surface area contributed by atoms with Crippen molar-refractivity contribution >= 4 is 45.5 Å². The summed E-state index contributed by atoms with van der Waals surface area (Å²) >= 11 is 0. The van der Waals surface area contributed by atoms with Gasteiger partial charge in [0, 0.05) is 40.4 Å². The molecule has 0 amide bonds. The fourth-order valence-corrected chi connectivity index (χ4v) is 5.47. The summed E-state index contributed by atoms with van der Waals surface area (Å²) in [7, 11) is 0. The number of ether oxygens (including phenoxy) is 1. The first-order valence-corrected chi connectivity index (χ1v) is 13.5. The van der Waals surface area contributed by atoms with Crippen molar-refractivity contribution in [3.63, 3.8) is 0 Å². The lowest BCUT2D eigenvalue weighted by molar-refractivity contribution is 0.445. The Kier molecular flexibility index (Phi) is 5.35. The first-order valence-electron chi connectivity index (χ1n) is 13.5. The molecule has 0 aliphatic carbocycles. The Morgan fingerprint density at radius 2 is 1.37 bits per heavy atom. The summed E-state index contributed by atoms with van der Waals surface area (Å²) in [5, 5.41) is 5.84. The van der Waals surface area contributed by atoms with Crippen molar-refractivity contribution in [1.82, 2.24) is 19.5 Å². The highest BCUT2D eigenvalue weighted by atomic mass is 16.5. The van der Waals surface area contributed by atoms with Crippen molar-refractivity contribution in [3.8, 4) is 28.8 Å². The molecule has 8 rings (SSSR count). The van der Waals surface area contributed by atoms with E-state index >= 15 is 0 Å². The van der Waals surface area contributed by atoms with Crippen LogP contribution in [0, 0.1) is 0 Å². The second kappa shape index (κ2) is 9.47. The highest BCUT2D eigenvalue weighted by Gasteiger charge is 2.16. The number of anilines is 2. The Morgan fingerprint density at radius 1 is 0.610 bits per heavy atom. The van der Waals surface area contributed by atoms with Gasteiger partial charge in [0.05, 0.1) is 16.9 Å². The summed E-state index contributed by atoms with van der Waals surface area (Å²) in [5.41, 5.74) is 8.00. The van der Waals surface area contributed by atoms with Gasteiger partial charge < -0.3 is 10.1 Å². The Balaban J connectivity index is 1.16. The van der Waals surface area contributed by atoms with E-state index in [0.717, 1.165) is 61.5 Å². The number of nitrogens with one attached hydrogen (secondary N) is 1. The van der Waals surface area contributed by atoms with Gasteiger partial charge in [-0.15, -0.1) is 0 Å². The molecule has 0 spiro atoms. The minimum atomic E-state index is 0.455. The lowest BCUT2D eigenvalue weighted by atomic mass is 10.0. The van der Waals surface area contributed by atoms with E-state index in [4.69, 9.17) is 14.7 Å². The smallest absolute Gasteiger partial charge is 0.223 e. The third-order valence-electron chi connectivity index (χ3n) is 7.34. The predicted octanol–water partition coefficient (Wildman–Crippen LogP) is 8.66. The van der Waals surface area contributed by atoms with Crippen LogP contribution in [0.3, 0.4) is 0 Å². The number of nitrogens with zero attached hydrogens (tertiary/aromatic N) is 4. The van der Waals surface area contributed by atoms with E-state index in [0.29, 0.717) is 11.8 Å². The quantitative estimate of drug-likeness (QED) is 0.247. The molecule has 0 bridgehead atoms. The molecule has 0 saturated carbocycles. The second-order valence-corrected chi connectivity index (χ2v) is 9.84. The molecule has 3 aromatic carbocycles. The monoisotopic (exact) mass is 529 g/mol. The van der Waals surface area contributed by atoms with Gasteiger partial charge in [-0.2, -0.15) is 4.98 Å². The van der Waals surface area contributed by atoms with E-state index in [2.05, 4.69) is 75.6 Å². The van der Waals surface area contributed by atoms with Crippen LogP contribution in [-0.2, 0) is 0 Å². The summed E-state index contributed by atoms with van der Waals surface area (Å²) in [5.74, 6) is 1.65. The summed E-state index contributed by atoms with van der Waals surface area (Å²) < 4.78 is 8.31. The minimum absolute atomic E-state index is 0.455. The van der Waals surface area contributed by atoms with Gasteiger partial charge in [0.15, 0.2) is 0 Å². The number of aromatic nitrogens is 4. The highest BCUT2D eigenvalue weighted by molar-refractivity contribution is 6.07. The fourth-order valence-electron chi connectivity index (χ4n) is 5.47. The summed E-state index contributed by atoms with van der Waals surface area (Å²) in [4.78, 5) is 14.4. The van der Waals surface area contributed by atoms with Crippen molar-refractivity contribution in [1.29, 1.82) is 0 Å². The van der Waals surface area contributed by atoms with Crippen LogP contribution in [-0.4, -0.2) is 19.5 Å². The van der Waals surface area contributed by atoms with Gasteiger partial charge in [-0.05, 0) is 47.5 Å². The van der Waals surface area contributed by atoms with Crippen molar-refractivity contribution in [2.45, 2.75) is 0 Å². The SMILES string of the molecule is C1=Cc2cccc(-c3cccc(Oc4cccc(-n5c6ccccc6c6cccnc65)n4)n3)c2Nc2ccccc21. The third-order valence-corrected chi connectivity index (χ3v) is 7.34. The zero-order valence-corrected chi connectivity index (χ0v) is 21.9. The molecule has 0 unspecified atom stereocenters. The molecule has 0 fully saturated rings. The number of hydrogen-bond donors (Lipinski definition) is 1. The lowest BCUT2D eigenvalue weighted by Crippen LogP contribution is -2.00. The van der Waals surface area contributed by atoms with Crippen LogP contribution in [0.5, 0.6) is 11.8 Å². The zero-order valence-electron chi connectivity index (χ0n) is 21.9. The van der Waals surface area contributed by atoms with Crippen LogP contribution in [0.2, 0.25) is 0 Å².